The Morgan fingerprint density at radius 1 is 1.02 bits per heavy atom. The number of carboxylic acids is 1. The molecule has 59 heavy (non-hydrogen) atoms. The molecule has 15 heteroatoms. The molecule has 2 saturated heterocycles. The van der Waals surface area contributed by atoms with Crippen LogP contribution in [-0.4, -0.2) is 131 Å². The Morgan fingerprint density at radius 3 is 2.36 bits per heavy atom. The number of hydrogen-bond acceptors (Lipinski definition) is 13. The van der Waals surface area contributed by atoms with Crippen LogP contribution >= 0.6 is 0 Å². The summed E-state index contributed by atoms with van der Waals surface area (Å²) in [7, 11) is 3.04. The second kappa shape index (κ2) is 20.0. The lowest BCUT2D eigenvalue weighted by Crippen LogP contribution is -2.67. The summed E-state index contributed by atoms with van der Waals surface area (Å²) < 4.78 is 29.9. The lowest BCUT2D eigenvalue weighted by molar-refractivity contribution is -0.302. The Balaban J connectivity index is 1.60. The highest BCUT2D eigenvalue weighted by atomic mass is 16.7. The number of ketones is 2. The van der Waals surface area contributed by atoms with E-state index in [-0.39, 0.29) is 62.6 Å². The number of aliphatic carboxylic acids is 1. The predicted octanol–water partition coefficient (Wildman–Crippen LogP) is 4.35. The molecule has 0 aromatic heterocycles. The predicted molar refractivity (Wildman–Crippen MR) is 215 cm³/mol. The van der Waals surface area contributed by atoms with Crippen molar-refractivity contribution in [3.63, 3.8) is 0 Å². The first-order valence-corrected chi connectivity index (χ1v) is 21.4. The van der Waals surface area contributed by atoms with Gasteiger partial charge in [-0.3, -0.25) is 19.4 Å². The third-order valence-corrected chi connectivity index (χ3v) is 13.3. The van der Waals surface area contributed by atoms with Crippen LogP contribution in [0, 0.1) is 29.6 Å². The zero-order chi connectivity index (χ0) is 43.2. The summed E-state index contributed by atoms with van der Waals surface area (Å²) in [5.74, 6) is -9.41. The van der Waals surface area contributed by atoms with Gasteiger partial charge in [-0.15, -0.1) is 0 Å². The summed E-state index contributed by atoms with van der Waals surface area (Å²) in [4.78, 5) is 75.2. The van der Waals surface area contributed by atoms with Gasteiger partial charge in [-0.2, -0.15) is 0 Å². The van der Waals surface area contributed by atoms with E-state index in [1.165, 1.54) is 20.4 Å². The number of nitrogens with zero attached hydrogens (tertiary/aromatic N) is 2. The van der Waals surface area contributed by atoms with Gasteiger partial charge in [-0.05, 0) is 95.5 Å². The maximum atomic E-state index is 15.0. The number of amides is 1. The molecule has 330 valence electrons. The topological polar surface area (TPSA) is 208 Å². The molecule has 5 rings (SSSR count). The first kappa shape index (κ1) is 46.7. The van der Waals surface area contributed by atoms with E-state index in [1.54, 1.807) is 20.8 Å². The molecule has 15 nitrogen and oxygen atoms in total. The van der Waals surface area contributed by atoms with Gasteiger partial charge >= 0.3 is 11.9 Å². The maximum absolute atomic E-state index is 15.0. The van der Waals surface area contributed by atoms with E-state index >= 15 is 0 Å². The number of esters is 1. The molecule has 1 saturated carbocycles. The molecule has 3 fully saturated rings. The normalized spacial score (nSPS) is 41.2. The highest BCUT2D eigenvalue weighted by Gasteiger charge is 2.59. The summed E-state index contributed by atoms with van der Waals surface area (Å²) in [6, 6.07) is 0. The fourth-order valence-corrected chi connectivity index (χ4v) is 9.83. The van der Waals surface area contributed by atoms with Crippen LogP contribution in [0.2, 0.25) is 0 Å². The van der Waals surface area contributed by atoms with Crippen molar-refractivity contribution in [1.82, 2.24) is 4.90 Å². The Hall–Kier alpha value is -3.34. The number of cyclic esters (lactones) is 1. The Bertz CT molecular complexity index is 1640. The molecule has 5 aliphatic rings. The van der Waals surface area contributed by atoms with Gasteiger partial charge in [-0.1, -0.05) is 38.5 Å². The summed E-state index contributed by atoms with van der Waals surface area (Å²) in [6.45, 7) is 8.70. The van der Waals surface area contributed by atoms with Crippen LogP contribution in [0.3, 0.4) is 0 Å². The molecule has 11 atom stereocenters. The average Bonchev–Trinajstić information content (AvgIpc) is 3.20. The first-order valence-electron chi connectivity index (χ1n) is 21.4. The number of allylic oxidation sites excluding steroid dienone is 3. The van der Waals surface area contributed by atoms with Gasteiger partial charge in [0.25, 0.3) is 11.7 Å². The molecular formula is C44H66N2O13. The van der Waals surface area contributed by atoms with Crippen molar-refractivity contribution in [3.05, 3.63) is 23.3 Å². The molecule has 0 aromatic carbocycles. The van der Waals surface area contributed by atoms with Crippen LogP contribution in [0.15, 0.2) is 28.3 Å². The number of aliphatic imine (C=N–C) groups is 1. The van der Waals surface area contributed by atoms with E-state index in [1.807, 2.05) is 26.0 Å². The monoisotopic (exact) mass is 830 g/mol. The van der Waals surface area contributed by atoms with Crippen LogP contribution in [0.4, 0.5) is 0 Å². The van der Waals surface area contributed by atoms with E-state index in [9.17, 15) is 34.2 Å². The molecule has 1 spiro atoms. The van der Waals surface area contributed by atoms with Gasteiger partial charge in [0.2, 0.25) is 11.4 Å². The number of ether oxygens (including phenoxy) is 5. The van der Waals surface area contributed by atoms with Gasteiger partial charge in [0, 0.05) is 57.6 Å². The average molecular weight is 831 g/mol. The summed E-state index contributed by atoms with van der Waals surface area (Å²) in [6.07, 6.45) is 5.46. The largest absolute Gasteiger partial charge is 0.480 e. The van der Waals surface area contributed by atoms with Crippen LogP contribution in [-0.2, 0) is 47.7 Å². The van der Waals surface area contributed by atoms with Gasteiger partial charge < -0.3 is 43.9 Å². The Morgan fingerprint density at radius 2 is 1.69 bits per heavy atom. The molecule has 4 bridgehead atoms. The highest BCUT2D eigenvalue weighted by Crippen LogP contribution is 2.41. The minimum atomic E-state index is -2.58. The third kappa shape index (κ3) is 10.6. The number of methoxy groups -OCH3 is 2. The number of piperidine rings is 1. The highest BCUT2D eigenvalue weighted by molar-refractivity contribution is 6.39. The molecule has 4 aliphatic heterocycles. The van der Waals surface area contributed by atoms with Crippen molar-refractivity contribution in [2.75, 3.05) is 27.4 Å². The molecular weight excluding hydrogens is 764 g/mol. The lowest BCUT2D eigenvalue weighted by Gasteiger charge is -2.48. The minimum absolute atomic E-state index is 0.00625. The molecule has 0 unspecified atom stereocenters. The number of Topliss-reactive ketones (excluding diaryl/α,β-unsaturated/α-hetero) is 2. The Kier molecular flexibility index (Phi) is 15.9. The van der Waals surface area contributed by atoms with Gasteiger partial charge in [0.15, 0.2) is 0 Å². The Labute approximate surface area is 347 Å². The van der Waals surface area contributed by atoms with Crippen LogP contribution in [0.5, 0.6) is 0 Å². The molecule has 1 amide bonds. The van der Waals surface area contributed by atoms with Crippen molar-refractivity contribution >= 4 is 35.6 Å². The van der Waals surface area contributed by atoms with E-state index in [0.29, 0.717) is 56.9 Å². The van der Waals surface area contributed by atoms with Crippen molar-refractivity contribution in [2.45, 2.75) is 160 Å². The first-order chi connectivity index (χ1) is 27.9. The van der Waals surface area contributed by atoms with Gasteiger partial charge in [-0.25, -0.2) is 9.59 Å². The number of fused-ring (bicyclic) bond motifs is 4. The van der Waals surface area contributed by atoms with Crippen LogP contribution < -0.4 is 0 Å². The molecule has 0 radical (unpaired) electrons. The SMILES string of the molecule is CO[C@H]1C[C@@H](C)C/C(C)=C/[C@H]2C/C=N\[C@]3(CCCCN3C(=O)C(=O)[C@]3(O)O[C@H]1[C@@H](OC)C[C@H]3C)C(=O)O[C@H](/C(C)=C/C1CCC(OCC(=O)O)CC1)[C@H](C)[C@@H](O)CC2=O. The fourth-order valence-electron chi connectivity index (χ4n) is 9.83. The van der Waals surface area contributed by atoms with E-state index in [0.717, 1.165) is 10.5 Å². The lowest BCUT2D eigenvalue weighted by atomic mass is 9.82. The van der Waals surface area contributed by atoms with E-state index < -0.39 is 83.4 Å². The van der Waals surface area contributed by atoms with Crippen molar-refractivity contribution in [2.24, 2.45) is 34.6 Å². The second-order valence-electron chi connectivity index (χ2n) is 17.8. The minimum Gasteiger partial charge on any atom is -0.480 e. The molecule has 0 aromatic rings. The summed E-state index contributed by atoms with van der Waals surface area (Å²) in [5, 5.41) is 32.9. The maximum Gasteiger partial charge on any atom is 0.355 e. The zero-order valence-corrected chi connectivity index (χ0v) is 35.8. The fraction of sp³-hybridized carbons (Fsp3) is 0.773. The van der Waals surface area contributed by atoms with Gasteiger partial charge in [0.05, 0.1) is 24.4 Å². The van der Waals surface area contributed by atoms with E-state index in [4.69, 9.17) is 33.8 Å². The molecule has 3 N–H and O–H groups in total. The van der Waals surface area contributed by atoms with Crippen molar-refractivity contribution in [3.8, 4) is 0 Å². The zero-order valence-electron chi connectivity index (χ0n) is 35.8. The molecule has 1 aliphatic carbocycles. The summed E-state index contributed by atoms with van der Waals surface area (Å²) in [5.41, 5.74) is -0.466. The number of aliphatic hydroxyl groups excluding tert-OH is 1. The van der Waals surface area contributed by atoms with Crippen molar-refractivity contribution in [1.29, 1.82) is 0 Å². The number of aliphatic hydroxyl groups is 2. The number of carbonyl (C=O) groups is 5. The quantitative estimate of drug-likeness (QED) is 0.186. The van der Waals surface area contributed by atoms with E-state index in [2.05, 4.69) is 0 Å². The third-order valence-electron chi connectivity index (χ3n) is 13.3. The molecule has 4 heterocycles. The standard InChI is InChI=1S/C44H66N2O13/c1-25-18-26(2)20-35(55-6)39-36(56-7)22-28(4)44(54,59-39)40(51)41(52)46-17-9-8-15-43(46)42(53)58-38(29(5)33(47)23-34(48)31(19-25)14-16-45-43)27(3)21-30-10-12-32(13-11-30)57-24-37(49)50/h16,19,21,26,28-33,35-36,38-39,47,54H,8-15,17-18,20,22-24H2,1-7H3,(H,49,50)/b25-19+,27-21+,45-16-/t26-,28+,29+,30?,31+,32?,33-,35-,36-,38+,39+,43-,44+/m0/s1. The summed E-state index contributed by atoms with van der Waals surface area (Å²) >= 11 is 0. The van der Waals surface area contributed by atoms with Gasteiger partial charge in [0.1, 0.15) is 24.6 Å². The number of hydrogen-bond donors (Lipinski definition) is 3. The van der Waals surface area contributed by atoms with Crippen LogP contribution in [0.25, 0.3) is 0 Å². The number of carbonyl (C=O) groups excluding carboxylic acids is 4. The second-order valence-corrected chi connectivity index (χ2v) is 17.8. The number of carboxylic acid groups (broad SMARTS) is 1. The van der Waals surface area contributed by atoms with Crippen molar-refractivity contribution < 1.29 is 63.0 Å². The smallest absolute Gasteiger partial charge is 0.355 e. The van der Waals surface area contributed by atoms with Crippen LogP contribution in [0.1, 0.15) is 112 Å². The number of rotatable bonds is 7.